The van der Waals surface area contributed by atoms with Crippen LogP contribution in [0.4, 0.5) is 5.82 Å². The molecule has 0 amide bonds. The molecule has 3 aromatic rings. The van der Waals surface area contributed by atoms with Crippen LogP contribution in [-0.2, 0) is 19.4 Å². The van der Waals surface area contributed by atoms with Crippen LogP contribution in [0.25, 0.3) is 10.8 Å². The standard InChI is InChI=1S/C22H25N5/c1-27(14-17-4-2-3-16-13-24-11-7-18(16)17)22-19-8-10-23-12-9-20(19)25-21(26-22)15-5-6-15/h2-4,7,11,13,15,23H,5-6,8-10,12,14H2,1H3. The molecule has 5 nitrogen and oxygen atoms in total. The summed E-state index contributed by atoms with van der Waals surface area (Å²) in [4.78, 5) is 16.6. The van der Waals surface area contributed by atoms with Crippen LogP contribution in [0.15, 0.2) is 36.7 Å². The number of hydrogen-bond acceptors (Lipinski definition) is 5. The van der Waals surface area contributed by atoms with Crippen molar-refractivity contribution in [1.29, 1.82) is 0 Å². The van der Waals surface area contributed by atoms with E-state index in [9.17, 15) is 0 Å². The number of hydrogen-bond donors (Lipinski definition) is 1. The molecule has 0 spiro atoms. The fourth-order valence-electron chi connectivity index (χ4n) is 4.04. The van der Waals surface area contributed by atoms with Crippen molar-refractivity contribution in [3.05, 3.63) is 59.3 Å². The highest BCUT2D eigenvalue weighted by molar-refractivity contribution is 5.85. The minimum absolute atomic E-state index is 0.572. The minimum atomic E-state index is 0.572. The lowest BCUT2D eigenvalue weighted by molar-refractivity contribution is 0.707. The van der Waals surface area contributed by atoms with Crippen LogP contribution in [0.2, 0.25) is 0 Å². The van der Waals surface area contributed by atoms with Crippen LogP contribution in [0.5, 0.6) is 0 Å². The SMILES string of the molecule is CN(Cc1cccc2cnccc12)c1nc(C2CC2)nc2c1CCNCC2. The summed E-state index contributed by atoms with van der Waals surface area (Å²) >= 11 is 0. The molecule has 1 aromatic carbocycles. The lowest BCUT2D eigenvalue weighted by atomic mass is 10.1. The van der Waals surface area contributed by atoms with Crippen molar-refractivity contribution in [2.45, 2.75) is 38.1 Å². The third kappa shape index (κ3) is 3.28. The molecule has 0 saturated heterocycles. The summed E-state index contributed by atoms with van der Waals surface area (Å²) in [5.74, 6) is 2.75. The van der Waals surface area contributed by atoms with E-state index in [2.05, 4.69) is 46.5 Å². The first kappa shape index (κ1) is 16.6. The van der Waals surface area contributed by atoms with Crippen molar-refractivity contribution in [2.75, 3.05) is 25.0 Å². The third-order valence-corrected chi connectivity index (χ3v) is 5.66. The Kier molecular flexibility index (Phi) is 4.24. The van der Waals surface area contributed by atoms with Crippen LogP contribution in [0.3, 0.4) is 0 Å². The summed E-state index contributed by atoms with van der Waals surface area (Å²) in [5.41, 5.74) is 3.89. The molecular formula is C22H25N5. The molecule has 0 radical (unpaired) electrons. The lowest BCUT2D eigenvalue weighted by Gasteiger charge is -2.24. The Labute approximate surface area is 159 Å². The smallest absolute Gasteiger partial charge is 0.135 e. The Bertz CT molecular complexity index is 974. The molecule has 3 heterocycles. The zero-order valence-corrected chi connectivity index (χ0v) is 15.8. The minimum Gasteiger partial charge on any atom is -0.355 e. The van der Waals surface area contributed by atoms with Gasteiger partial charge in [0.05, 0.1) is 5.69 Å². The van der Waals surface area contributed by atoms with E-state index >= 15 is 0 Å². The molecule has 1 N–H and O–H groups in total. The summed E-state index contributed by atoms with van der Waals surface area (Å²) in [5, 5.41) is 5.96. The van der Waals surface area contributed by atoms with Crippen LogP contribution in [0, 0.1) is 0 Å². The number of anilines is 1. The fourth-order valence-corrected chi connectivity index (χ4v) is 4.04. The van der Waals surface area contributed by atoms with E-state index in [1.54, 1.807) is 0 Å². The van der Waals surface area contributed by atoms with Crippen LogP contribution >= 0.6 is 0 Å². The van der Waals surface area contributed by atoms with Gasteiger partial charge in [0.25, 0.3) is 0 Å². The van der Waals surface area contributed by atoms with Crippen LogP contribution in [-0.4, -0.2) is 35.1 Å². The second kappa shape index (κ2) is 6.89. The van der Waals surface area contributed by atoms with Gasteiger partial charge in [-0.2, -0.15) is 0 Å². The molecule has 2 aliphatic rings. The quantitative estimate of drug-likeness (QED) is 0.775. The summed E-state index contributed by atoms with van der Waals surface area (Å²) in [6.45, 7) is 2.84. The number of nitrogens with one attached hydrogen (secondary N) is 1. The molecule has 1 saturated carbocycles. The van der Waals surface area contributed by atoms with E-state index in [4.69, 9.17) is 9.97 Å². The molecule has 0 bridgehead atoms. The number of fused-ring (bicyclic) bond motifs is 2. The van der Waals surface area contributed by atoms with Gasteiger partial charge in [0.1, 0.15) is 11.6 Å². The largest absolute Gasteiger partial charge is 0.355 e. The van der Waals surface area contributed by atoms with Gasteiger partial charge in [0.2, 0.25) is 0 Å². The highest BCUT2D eigenvalue weighted by Gasteiger charge is 2.29. The number of nitrogens with zero attached hydrogens (tertiary/aromatic N) is 4. The van der Waals surface area contributed by atoms with Gasteiger partial charge in [-0.05, 0) is 42.8 Å². The predicted octanol–water partition coefficient (Wildman–Crippen LogP) is 3.23. The Morgan fingerprint density at radius 2 is 2.00 bits per heavy atom. The summed E-state index contributed by atoms with van der Waals surface area (Å²) < 4.78 is 0. The van der Waals surface area contributed by atoms with E-state index in [-0.39, 0.29) is 0 Å². The maximum atomic E-state index is 5.04. The van der Waals surface area contributed by atoms with E-state index in [0.29, 0.717) is 5.92 Å². The van der Waals surface area contributed by atoms with Gasteiger partial charge in [-0.1, -0.05) is 18.2 Å². The maximum absolute atomic E-state index is 5.04. The van der Waals surface area contributed by atoms with Crippen LogP contribution in [0.1, 0.15) is 41.4 Å². The highest BCUT2D eigenvalue weighted by Crippen LogP contribution is 2.39. The zero-order valence-electron chi connectivity index (χ0n) is 15.8. The second-order valence-electron chi connectivity index (χ2n) is 7.72. The van der Waals surface area contributed by atoms with E-state index in [1.807, 2.05) is 12.4 Å². The first-order chi connectivity index (χ1) is 13.3. The second-order valence-corrected chi connectivity index (χ2v) is 7.72. The van der Waals surface area contributed by atoms with Gasteiger partial charge in [0, 0.05) is 55.8 Å². The van der Waals surface area contributed by atoms with Gasteiger partial charge in [-0.15, -0.1) is 0 Å². The first-order valence-corrected chi connectivity index (χ1v) is 9.93. The number of pyridine rings is 1. The molecule has 1 aliphatic heterocycles. The monoisotopic (exact) mass is 359 g/mol. The molecule has 1 fully saturated rings. The van der Waals surface area contributed by atoms with Crippen molar-refractivity contribution < 1.29 is 0 Å². The lowest BCUT2D eigenvalue weighted by Crippen LogP contribution is -2.22. The van der Waals surface area contributed by atoms with Crippen molar-refractivity contribution >= 4 is 16.6 Å². The number of benzene rings is 1. The van der Waals surface area contributed by atoms with Crippen molar-refractivity contribution in [3.8, 4) is 0 Å². The first-order valence-electron chi connectivity index (χ1n) is 9.93. The van der Waals surface area contributed by atoms with Gasteiger partial charge in [0.15, 0.2) is 0 Å². The van der Waals surface area contributed by atoms with Gasteiger partial charge in [-0.3, -0.25) is 4.98 Å². The zero-order chi connectivity index (χ0) is 18.2. The molecular weight excluding hydrogens is 334 g/mol. The predicted molar refractivity (Wildman–Crippen MR) is 108 cm³/mol. The molecule has 138 valence electrons. The highest BCUT2D eigenvalue weighted by atomic mass is 15.2. The van der Waals surface area contributed by atoms with E-state index < -0.39 is 0 Å². The molecule has 5 rings (SSSR count). The van der Waals surface area contributed by atoms with Crippen LogP contribution < -0.4 is 10.2 Å². The summed E-state index contributed by atoms with van der Waals surface area (Å²) in [6.07, 6.45) is 8.27. The number of rotatable bonds is 4. The average Bonchev–Trinajstić information content (AvgIpc) is 3.54. The summed E-state index contributed by atoms with van der Waals surface area (Å²) in [7, 11) is 2.16. The fraction of sp³-hybridized carbons (Fsp3) is 0.409. The maximum Gasteiger partial charge on any atom is 0.135 e. The Hall–Kier alpha value is -2.53. The molecule has 0 atom stereocenters. The summed E-state index contributed by atoms with van der Waals surface area (Å²) in [6, 6.07) is 8.56. The van der Waals surface area contributed by atoms with Crippen molar-refractivity contribution in [3.63, 3.8) is 0 Å². The molecule has 5 heteroatoms. The molecule has 2 aromatic heterocycles. The van der Waals surface area contributed by atoms with Crippen molar-refractivity contribution in [2.24, 2.45) is 0 Å². The van der Waals surface area contributed by atoms with Gasteiger partial charge < -0.3 is 10.2 Å². The topological polar surface area (TPSA) is 53.9 Å². The van der Waals surface area contributed by atoms with Gasteiger partial charge in [-0.25, -0.2) is 9.97 Å². The molecule has 27 heavy (non-hydrogen) atoms. The van der Waals surface area contributed by atoms with Crippen molar-refractivity contribution in [1.82, 2.24) is 20.3 Å². The normalized spacial score (nSPS) is 16.8. The molecule has 0 unspecified atom stereocenters. The van der Waals surface area contributed by atoms with Gasteiger partial charge >= 0.3 is 0 Å². The van der Waals surface area contributed by atoms with E-state index in [1.165, 1.54) is 40.4 Å². The Morgan fingerprint density at radius 1 is 1.11 bits per heavy atom. The molecule has 1 aliphatic carbocycles. The average molecular weight is 359 g/mol. The Morgan fingerprint density at radius 3 is 2.89 bits per heavy atom. The van der Waals surface area contributed by atoms with E-state index in [0.717, 1.165) is 44.1 Å². The third-order valence-electron chi connectivity index (χ3n) is 5.66. The Balaban J connectivity index is 1.54. The number of aromatic nitrogens is 3.